The minimum Gasteiger partial charge on any atom is -0.308 e. The van der Waals surface area contributed by atoms with Crippen molar-refractivity contribution in [2.75, 3.05) is 19.6 Å². The Labute approximate surface area is 106 Å². The molecule has 1 aliphatic carbocycles. The molecule has 0 bridgehead atoms. The highest BCUT2D eigenvalue weighted by molar-refractivity contribution is 5.03. The molecule has 1 heterocycles. The van der Waals surface area contributed by atoms with Gasteiger partial charge in [0.25, 0.3) is 0 Å². The molecule has 2 rings (SSSR count). The van der Waals surface area contributed by atoms with Crippen LogP contribution in [0.3, 0.4) is 0 Å². The highest BCUT2D eigenvalue weighted by Gasteiger charge is 2.40. The Kier molecular flexibility index (Phi) is 4.26. The third-order valence-corrected chi connectivity index (χ3v) is 4.50. The second-order valence-corrected chi connectivity index (χ2v) is 6.14. The van der Waals surface area contributed by atoms with E-state index in [1.807, 2.05) is 0 Å². The van der Waals surface area contributed by atoms with E-state index < -0.39 is 0 Å². The third kappa shape index (κ3) is 3.11. The van der Waals surface area contributed by atoms with Crippen molar-refractivity contribution in [1.29, 1.82) is 0 Å². The van der Waals surface area contributed by atoms with Gasteiger partial charge in [-0.3, -0.25) is 4.90 Å². The van der Waals surface area contributed by atoms with Crippen molar-refractivity contribution in [3.05, 3.63) is 11.6 Å². The van der Waals surface area contributed by atoms with E-state index in [9.17, 15) is 0 Å². The molecule has 2 nitrogen and oxygen atoms in total. The Hall–Kier alpha value is -0.340. The van der Waals surface area contributed by atoms with Crippen LogP contribution in [0.15, 0.2) is 11.6 Å². The molecule has 1 unspecified atom stereocenters. The number of nitrogens with one attached hydrogen (secondary N) is 1. The van der Waals surface area contributed by atoms with Crippen molar-refractivity contribution in [1.82, 2.24) is 10.2 Å². The van der Waals surface area contributed by atoms with Gasteiger partial charge in [0.15, 0.2) is 0 Å². The fraction of sp³-hybridized carbons (Fsp3) is 0.867. The van der Waals surface area contributed by atoms with E-state index in [1.165, 1.54) is 50.8 Å². The highest BCUT2D eigenvalue weighted by Crippen LogP contribution is 2.33. The van der Waals surface area contributed by atoms with Gasteiger partial charge in [-0.1, -0.05) is 31.4 Å². The maximum Gasteiger partial charge on any atom is 0.0309 e. The van der Waals surface area contributed by atoms with E-state index in [1.54, 1.807) is 0 Å². The van der Waals surface area contributed by atoms with Crippen LogP contribution in [0.1, 0.15) is 52.9 Å². The molecule has 0 amide bonds. The van der Waals surface area contributed by atoms with E-state index in [-0.39, 0.29) is 0 Å². The van der Waals surface area contributed by atoms with Crippen LogP contribution in [0.2, 0.25) is 0 Å². The quantitative estimate of drug-likeness (QED) is 0.758. The summed E-state index contributed by atoms with van der Waals surface area (Å²) in [7, 11) is 0. The molecule has 98 valence electrons. The molecular weight excluding hydrogens is 208 g/mol. The van der Waals surface area contributed by atoms with Gasteiger partial charge in [0.1, 0.15) is 0 Å². The van der Waals surface area contributed by atoms with Crippen molar-refractivity contribution in [2.24, 2.45) is 0 Å². The summed E-state index contributed by atoms with van der Waals surface area (Å²) in [5, 5.41) is 3.85. The molecule has 1 saturated carbocycles. The van der Waals surface area contributed by atoms with Crippen LogP contribution in [-0.4, -0.2) is 36.1 Å². The Bertz CT molecular complexity index is 273. The molecule has 0 aromatic rings. The first-order valence-corrected chi connectivity index (χ1v) is 7.28. The molecule has 1 aliphatic heterocycles. The normalized spacial score (nSPS) is 28.5. The fourth-order valence-electron chi connectivity index (χ4n) is 3.34. The average Bonchev–Trinajstić information content (AvgIpc) is 2.75. The van der Waals surface area contributed by atoms with Gasteiger partial charge < -0.3 is 5.32 Å². The molecule has 2 heteroatoms. The van der Waals surface area contributed by atoms with Gasteiger partial charge in [-0.2, -0.15) is 0 Å². The van der Waals surface area contributed by atoms with Gasteiger partial charge in [-0.05, 0) is 33.1 Å². The summed E-state index contributed by atoms with van der Waals surface area (Å²) >= 11 is 0. The lowest BCUT2D eigenvalue weighted by atomic mass is 9.91. The lowest BCUT2D eigenvalue weighted by molar-refractivity contribution is 0.0891. The molecule has 0 radical (unpaired) electrons. The Morgan fingerprint density at radius 2 is 2.06 bits per heavy atom. The highest BCUT2D eigenvalue weighted by atomic mass is 15.3. The van der Waals surface area contributed by atoms with Gasteiger partial charge >= 0.3 is 0 Å². The first-order chi connectivity index (χ1) is 8.15. The zero-order chi connectivity index (χ0) is 12.3. The molecule has 0 aromatic heterocycles. The first kappa shape index (κ1) is 13.1. The van der Waals surface area contributed by atoms with E-state index in [0.29, 0.717) is 5.54 Å². The minimum atomic E-state index is 0.459. The molecule has 2 aliphatic rings. The van der Waals surface area contributed by atoms with Gasteiger partial charge in [-0.25, -0.2) is 0 Å². The van der Waals surface area contributed by atoms with Gasteiger partial charge in [0, 0.05) is 31.2 Å². The van der Waals surface area contributed by atoms with Gasteiger partial charge in [0.2, 0.25) is 0 Å². The summed E-state index contributed by atoms with van der Waals surface area (Å²) < 4.78 is 0. The average molecular weight is 236 g/mol. The largest absolute Gasteiger partial charge is 0.308 e. The topological polar surface area (TPSA) is 15.3 Å². The predicted molar refractivity (Wildman–Crippen MR) is 74.3 cm³/mol. The second kappa shape index (κ2) is 5.53. The number of hydrogen-bond donors (Lipinski definition) is 1. The van der Waals surface area contributed by atoms with Crippen LogP contribution in [0.25, 0.3) is 0 Å². The van der Waals surface area contributed by atoms with Crippen molar-refractivity contribution in [2.45, 2.75) is 64.5 Å². The molecule has 2 fully saturated rings. The van der Waals surface area contributed by atoms with E-state index in [0.717, 1.165) is 12.6 Å². The van der Waals surface area contributed by atoms with Crippen molar-refractivity contribution in [3.8, 4) is 0 Å². The lowest BCUT2D eigenvalue weighted by Crippen LogP contribution is -2.62. The summed E-state index contributed by atoms with van der Waals surface area (Å²) in [5.74, 6) is 0. The minimum absolute atomic E-state index is 0.459. The summed E-state index contributed by atoms with van der Waals surface area (Å²) in [6.07, 6.45) is 9.25. The molecule has 0 aromatic carbocycles. The second-order valence-electron chi connectivity index (χ2n) is 6.14. The summed E-state index contributed by atoms with van der Waals surface area (Å²) in [6, 6.07) is 0.733. The Morgan fingerprint density at radius 3 is 2.65 bits per heavy atom. The van der Waals surface area contributed by atoms with Crippen LogP contribution >= 0.6 is 0 Å². The zero-order valence-corrected chi connectivity index (χ0v) is 11.8. The monoisotopic (exact) mass is 236 g/mol. The van der Waals surface area contributed by atoms with Crippen LogP contribution in [-0.2, 0) is 0 Å². The van der Waals surface area contributed by atoms with E-state index in [2.05, 4.69) is 37.1 Å². The number of piperazine rings is 1. The third-order valence-electron chi connectivity index (χ3n) is 4.50. The fourth-order valence-corrected chi connectivity index (χ4v) is 3.34. The predicted octanol–water partition coefficient (Wildman–Crippen LogP) is 2.95. The molecular formula is C15H28N2. The SMILES string of the molecule is CCC1CNC2(CCCC2)CN1CC=C(C)C. The number of nitrogens with zero attached hydrogens (tertiary/aromatic N) is 1. The van der Waals surface area contributed by atoms with Gasteiger partial charge in [-0.15, -0.1) is 0 Å². The number of rotatable bonds is 3. The maximum absolute atomic E-state index is 3.85. The lowest BCUT2D eigenvalue weighted by Gasteiger charge is -2.46. The smallest absolute Gasteiger partial charge is 0.0309 e. The van der Waals surface area contributed by atoms with Crippen LogP contribution in [0.4, 0.5) is 0 Å². The van der Waals surface area contributed by atoms with E-state index >= 15 is 0 Å². The maximum atomic E-state index is 3.85. The van der Waals surface area contributed by atoms with Gasteiger partial charge in [0.05, 0.1) is 0 Å². The van der Waals surface area contributed by atoms with Crippen molar-refractivity contribution in [3.63, 3.8) is 0 Å². The van der Waals surface area contributed by atoms with Crippen LogP contribution in [0.5, 0.6) is 0 Å². The number of hydrogen-bond acceptors (Lipinski definition) is 2. The summed E-state index contributed by atoms with van der Waals surface area (Å²) in [4.78, 5) is 2.70. The first-order valence-electron chi connectivity index (χ1n) is 7.28. The standard InChI is InChI=1S/C15H28N2/c1-4-14-11-16-15(8-5-6-9-15)12-17(14)10-7-13(2)3/h7,14,16H,4-6,8-12H2,1-3H3. The molecule has 17 heavy (non-hydrogen) atoms. The summed E-state index contributed by atoms with van der Waals surface area (Å²) in [5.41, 5.74) is 1.90. The Balaban J connectivity index is 2.00. The van der Waals surface area contributed by atoms with Crippen LogP contribution in [0, 0.1) is 0 Å². The van der Waals surface area contributed by atoms with Crippen LogP contribution < -0.4 is 5.32 Å². The molecule has 1 N–H and O–H groups in total. The van der Waals surface area contributed by atoms with Crippen molar-refractivity contribution >= 4 is 0 Å². The Morgan fingerprint density at radius 1 is 1.35 bits per heavy atom. The molecule has 1 spiro atoms. The molecule has 1 saturated heterocycles. The van der Waals surface area contributed by atoms with E-state index in [4.69, 9.17) is 0 Å². The summed E-state index contributed by atoms with van der Waals surface area (Å²) in [6.45, 7) is 10.3. The molecule has 1 atom stereocenters. The number of allylic oxidation sites excluding steroid dienone is 1. The zero-order valence-electron chi connectivity index (χ0n) is 11.8. The van der Waals surface area contributed by atoms with Crippen molar-refractivity contribution < 1.29 is 0 Å².